The van der Waals surface area contributed by atoms with E-state index in [9.17, 15) is 9.18 Å². The van der Waals surface area contributed by atoms with Crippen LogP contribution in [0.15, 0.2) is 47.3 Å². The summed E-state index contributed by atoms with van der Waals surface area (Å²) >= 11 is 3.09. The Kier molecular flexibility index (Phi) is 5.15. The van der Waals surface area contributed by atoms with Crippen molar-refractivity contribution in [3.63, 3.8) is 0 Å². The molecule has 0 atom stereocenters. The van der Waals surface area contributed by atoms with Gasteiger partial charge in [-0.25, -0.2) is 9.37 Å². The number of hydrogen-bond acceptors (Lipinski definition) is 4. The highest BCUT2D eigenvalue weighted by Crippen LogP contribution is 2.29. The van der Waals surface area contributed by atoms with Gasteiger partial charge in [0.15, 0.2) is 0 Å². The van der Waals surface area contributed by atoms with Gasteiger partial charge < -0.3 is 5.32 Å². The van der Waals surface area contributed by atoms with Gasteiger partial charge in [0.05, 0.1) is 22.5 Å². The lowest BCUT2D eigenvalue weighted by molar-refractivity contribution is -0.120. The normalized spacial score (nSPS) is 10.7. The fourth-order valence-electron chi connectivity index (χ4n) is 2.26. The standard InChI is InChI=1S/C17H15FN2OS2/c18-13-5-2-1-4-12(13)7-8-19-16(21)10-15-17(20-11-23-15)14-6-3-9-22-14/h1-6,9,11H,7-8,10H2,(H,19,21). The molecular formula is C17H15FN2OS2. The van der Waals surface area contributed by atoms with Crippen LogP contribution in [-0.4, -0.2) is 17.4 Å². The summed E-state index contributed by atoms with van der Waals surface area (Å²) in [5.41, 5.74) is 3.26. The first-order valence-electron chi connectivity index (χ1n) is 7.20. The van der Waals surface area contributed by atoms with Crippen LogP contribution in [0.25, 0.3) is 10.6 Å². The molecule has 3 rings (SSSR count). The van der Waals surface area contributed by atoms with Crippen LogP contribution in [0.3, 0.4) is 0 Å². The number of benzene rings is 1. The van der Waals surface area contributed by atoms with Gasteiger partial charge in [-0.3, -0.25) is 4.79 Å². The average Bonchev–Trinajstić information content (AvgIpc) is 3.20. The topological polar surface area (TPSA) is 42.0 Å². The first-order chi connectivity index (χ1) is 11.2. The fraction of sp³-hybridized carbons (Fsp3) is 0.176. The van der Waals surface area contributed by atoms with Crippen LogP contribution in [0.1, 0.15) is 10.4 Å². The zero-order valence-corrected chi connectivity index (χ0v) is 13.9. The van der Waals surface area contributed by atoms with E-state index < -0.39 is 0 Å². The number of rotatable bonds is 6. The summed E-state index contributed by atoms with van der Waals surface area (Å²) in [4.78, 5) is 18.5. The summed E-state index contributed by atoms with van der Waals surface area (Å²) in [6.45, 7) is 0.424. The highest BCUT2D eigenvalue weighted by Gasteiger charge is 2.13. The van der Waals surface area contributed by atoms with Crippen molar-refractivity contribution < 1.29 is 9.18 Å². The molecule has 0 saturated carbocycles. The minimum absolute atomic E-state index is 0.0663. The molecule has 0 bridgehead atoms. The molecule has 118 valence electrons. The molecule has 0 fully saturated rings. The van der Waals surface area contributed by atoms with Crippen LogP contribution in [0.5, 0.6) is 0 Å². The maximum Gasteiger partial charge on any atom is 0.225 e. The van der Waals surface area contributed by atoms with Crippen molar-refractivity contribution in [2.24, 2.45) is 0 Å². The van der Waals surface area contributed by atoms with E-state index in [1.165, 1.54) is 17.4 Å². The van der Waals surface area contributed by atoms with Crippen LogP contribution in [-0.2, 0) is 17.6 Å². The Morgan fingerprint density at radius 3 is 2.83 bits per heavy atom. The summed E-state index contributed by atoms with van der Waals surface area (Å²) in [7, 11) is 0. The van der Waals surface area contributed by atoms with E-state index in [-0.39, 0.29) is 11.7 Å². The second-order valence-corrected chi connectivity index (χ2v) is 6.86. The van der Waals surface area contributed by atoms with E-state index in [1.54, 1.807) is 35.0 Å². The number of carbonyl (C=O) groups excluding carboxylic acids is 1. The largest absolute Gasteiger partial charge is 0.355 e. The molecule has 0 unspecified atom stereocenters. The van der Waals surface area contributed by atoms with Crippen LogP contribution < -0.4 is 5.32 Å². The number of thiophene rings is 1. The molecule has 0 aliphatic heterocycles. The second kappa shape index (κ2) is 7.48. The second-order valence-electron chi connectivity index (χ2n) is 4.97. The Morgan fingerprint density at radius 2 is 2.04 bits per heavy atom. The molecule has 2 aromatic heterocycles. The number of halogens is 1. The SMILES string of the molecule is O=C(Cc1scnc1-c1cccs1)NCCc1ccccc1F. The Morgan fingerprint density at radius 1 is 1.17 bits per heavy atom. The summed E-state index contributed by atoms with van der Waals surface area (Å²) < 4.78 is 13.5. The fourth-order valence-corrected chi connectivity index (χ4v) is 3.84. The van der Waals surface area contributed by atoms with Gasteiger partial charge in [-0.1, -0.05) is 24.3 Å². The van der Waals surface area contributed by atoms with Crippen molar-refractivity contribution in [1.29, 1.82) is 0 Å². The highest BCUT2D eigenvalue weighted by molar-refractivity contribution is 7.14. The smallest absolute Gasteiger partial charge is 0.225 e. The minimum Gasteiger partial charge on any atom is -0.355 e. The maximum atomic E-state index is 13.5. The summed E-state index contributed by atoms with van der Waals surface area (Å²) in [6.07, 6.45) is 0.786. The van der Waals surface area contributed by atoms with E-state index in [2.05, 4.69) is 10.3 Å². The quantitative estimate of drug-likeness (QED) is 0.735. The number of nitrogens with zero attached hydrogens (tertiary/aromatic N) is 1. The van der Waals surface area contributed by atoms with Crippen LogP contribution in [0, 0.1) is 5.82 Å². The Bertz CT molecular complexity index is 784. The van der Waals surface area contributed by atoms with Crippen molar-refractivity contribution >= 4 is 28.6 Å². The van der Waals surface area contributed by atoms with E-state index in [0.29, 0.717) is 24.9 Å². The lowest BCUT2D eigenvalue weighted by atomic mass is 10.1. The zero-order valence-electron chi connectivity index (χ0n) is 12.3. The number of nitrogens with one attached hydrogen (secondary N) is 1. The third kappa shape index (κ3) is 4.03. The molecule has 1 N–H and O–H groups in total. The molecule has 3 aromatic rings. The van der Waals surface area contributed by atoms with Gasteiger partial charge >= 0.3 is 0 Å². The number of aromatic nitrogens is 1. The third-order valence-corrected chi connectivity index (χ3v) is 5.10. The number of hydrogen-bond donors (Lipinski definition) is 1. The molecule has 0 radical (unpaired) electrons. The molecule has 6 heteroatoms. The van der Waals surface area contributed by atoms with Gasteiger partial charge in [-0.2, -0.15) is 0 Å². The average molecular weight is 346 g/mol. The van der Waals surface area contributed by atoms with E-state index in [1.807, 2.05) is 17.5 Å². The summed E-state index contributed by atoms with van der Waals surface area (Å²) in [5, 5.41) is 4.84. The van der Waals surface area contributed by atoms with Crippen molar-refractivity contribution in [1.82, 2.24) is 10.3 Å². The molecule has 0 aliphatic carbocycles. The molecule has 0 saturated heterocycles. The van der Waals surface area contributed by atoms with E-state index in [0.717, 1.165) is 15.4 Å². The Labute approximate surface area is 141 Å². The summed E-state index contributed by atoms with van der Waals surface area (Å²) in [5.74, 6) is -0.299. The number of thiazole rings is 1. The van der Waals surface area contributed by atoms with Crippen LogP contribution >= 0.6 is 22.7 Å². The van der Waals surface area contributed by atoms with Crippen LogP contribution in [0.2, 0.25) is 0 Å². The predicted octanol–water partition coefficient (Wildman–Crippen LogP) is 3.91. The Hall–Kier alpha value is -2.05. The first-order valence-corrected chi connectivity index (χ1v) is 8.96. The first kappa shape index (κ1) is 15.8. The molecule has 23 heavy (non-hydrogen) atoms. The number of amides is 1. The van der Waals surface area contributed by atoms with Gasteiger partial charge in [0.2, 0.25) is 5.91 Å². The van der Waals surface area contributed by atoms with Gasteiger partial charge in [0, 0.05) is 11.4 Å². The van der Waals surface area contributed by atoms with E-state index in [4.69, 9.17) is 0 Å². The monoisotopic (exact) mass is 346 g/mol. The highest BCUT2D eigenvalue weighted by atomic mass is 32.1. The van der Waals surface area contributed by atoms with Gasteiger partial charge in [-0.05, 0) is 29.5 Å². The van der Waals surface area contributed by atoms with Crippen molar-refractivity contribution in [3.8, 4) is 10.6 Å². The molecule has 0 spiro atoms. The van der Waals surface area contributed by atoms with E-state index >= 15 is 0 Å². The van der Waals surface area contributed by atoms with Gasteiger partial charge in [0.25, 0.3) is 0 Å². The minimum atomic E-state index is -0.232. The predicted molar refractivity (Wildman–Crippen MR) is 92.2 cm³/mol. The summed E-state index contributed by atoms with van der Waals surface area (Å²) in [6, 6.07) is 10.6. The van der Waals surface area contributed by atoms with Crippen molar-refractivity contribution in [3.05, 3.63) is 63.5 Å². The van der Waals surface area contributed by atoms with Crippen molar-refractivity contribution in [2.45, 2.75) is 12.8 Å². The molecule has 2 heterocycles. The van der Waals surface area contributed by atoms with Crippen LogP contribution in [0.4, 0.5) is 4.39 Å². The zero-order chi connectivity index (χ0) is 16.1. The lowest BCUT2D eigenvalue weighted by Gasteiger charge is -2.06. The number of carbonyl (C=O) groups is 1. The van der Waals surface area contributed by atoms with Gasteiger partial charge in [-0.15, -0.1) is 22.7 Å². The molecule has 1 amide bonds. The Balaban J connectivity index is 1.54. The maximum absolute atomic E-state index is 13.5. The molecular weight excluding hydrogens is 331 g/mol. The third-order valence-electron chi connectivity index (χ3n) is 3.39. The van der Waals surface area contributed by atoms with Gasteiger partial charge in [0.1, 0.15) is 5.82 Å². The lowest BCUT2D eigenvalue weighted by Crippen LogP contribution is -2.27. The van der Waals surface area contributed by atoms with Crippen molar-refractivity contribution in [2.75, 3.05) is 6.54 Å². The molecule has 3 nitrogen and oxygen atoms in total. The molecule has 1 aromatic carbocycles. The molecule has 0 aliphatic rings.